The van der Waals surface area contributed by atoms with Crippen LogP contribution in [0, 0.1) is 0 Å². The van der Waals surface area contributed by atoms with Crippen LogP contribution in [-0.2, 0) is 20.6 Å². The summed E-state index contributed by atoms with van der Waals surface area (Å²) in [7, 11) is -2.84. The molecule has 0 aliphatic rings. The number of hydrogen-bond acceptors (Lipinski definition) is 8. The minimum Gasteiger partial charge on any atom is -0.469 e. The lowest BCUT2D eigenvalue weighted by Gasteiger charge is -2.22. The largest absolute Gasteiger partial charge is 0.469 e. The molecule has 2 rings (SSSR count). The van der Waals surface area contributed by atoms with Gasteiger partial charge in [0.1, 0.15) is 0 Å². The molecule has 0 radical (unpaired) electrons. The second kappa shape index (κ2) is 9.09. The Balaban J connectivity index is 2.04. The molecule has 0 amide bonds. The summed E-state index contributed by atoms with van der Waals surface area (Å²) in [6.07, 6.45) is 1.87. The highest BCUT2D eigenvalue weighted by atomic mass is 31.2. The molecular weight excluding hydrogens is 379 g/mol. The summed E-state index contributed by atoms with van der Waals surface area (Å²) in [6.45, 7) is 1.42. The molecule has 27 heavy (non-hydrogen) atoms. The highest BCUT2D eigenvalue weighted by Gasteiger charge is 2.17. The van der Waals surface area contributed by atoms with Crippen molar-refractivity contribution in [1.82, 2.24) is 24.4 Å². The van der Waals surface area contributed by atoms with Crippen molar-refractivity contribution in [2.24, 2.45) is 0 Å². The van der Waals surface area contributed by atoms with Crippen molar-refractivity contribution in [1.29, 1.82) is 0 Å². The summed E-state index contributed by atoms with van der Waals surface area (Å²) in [6, 6.07) is 0. The third kappa shape index (κ3) is 6.43. The lowest BCUT2D eigenvalue weighted by atomic mass is 10.3. The van der Waals surface area contributed by atoms with Crippen LogP contribution >= 0.6 is 7.60 Å². The van der Waals surface area contributed by atoms with E-state index in [1.165, 1.54) is 13.4 Å². The topological polar surface area (TPSA) is 177 Å². The van der Waals surface area contributed by atoms with Crippen LogP contribution < -0.4 is 11.3 Å². The van der Waals surface area contributed by atoms with Crippen LogP contribution in [-0.4, -0.2) is 73.1 Å². The lowest BCUT2D eigenvalue weighted by molar-refractivity contribution is -0.140. The van der Waals surface area contributed by atoms with Gasteiger partial charge < -0.3 is 29.7 Å². The average Bonchev–Trinajstić information content (AvgIpc) is 2.99. The third-order valence-corrected chi connectivity index (χ3v) is 4.72. The number of aromatic amines is 1. The molecule has 13 heteroatoms. The molecule has 2 heterocycles. The normalized spacial score (nSPS) is 12.0. The summed E-state index contributed by atoms with van der Waals surface area (Å²) < 4.78 is 17.4. The van der Waals surface area contributed by atoms with Gasteiger partial charge in [0.15, 0.2) is 11.2 Å². The Morgan fingerprint density at radius 2 is 2.15 bits per heavy atom. The van der Waals surface area contributed by atoms with Crippen LogP contribution in [0.1, 0.15) is 12.8 Å². The van der Waals surface area contributed by atoms with E-state index in [1.807, 2.05) is 4.90 Å². The molecule has 12 nitrogen and oxygen atoms in total. The Hall–Kier alpha value is -2.27. The number of rotatable bonds is 10. The molecule has 2 aromatic heterocycles. The summed E-state index contributed by atoms with van der Waals surface area (Å²) in [4.78, 5) is 53.5. The van der Waals surface area contributed by atoms with Crippen molar-refractivity contribution >= 4 is 30.7 Å². The minimum atomic E-state index is -4.14. The second-order valence-electron chi connectivity index (χ2n) is 5.97. The van der Waals surface area contributed by atoms with E-state index in [4.69, 9.17) is 15.5 Å². The van der Waals surface area contributed by atoms with Crippen molar-refractivity contribution < 1.29 is 23.9 Å². The van der Waals surface area contributed by atoms with E-state index in [1.54, 1.807) is 4.57 Å². The zero-order valence-corrected chi connectivity index (χ0v) is 15.8. The van der Waals surface area contributed by atoms with Gasteiger partial charge in [0.05, 0.1) is 19.6 Å². The number of nitrogens with two attached hydrogens (primary N) is 1. The van der Waals surface area contributed by atoms with E-state index in [0.29, 0.717) is 31.7 Å². The molecule has 0 aliphatic heterocycles. The Bertz CT molecular complexity index is 890. The summed E-state index contributed by atoms with van der Waals surface area (Å²) in [5, 5.41) is 0. The van der Waals surface area contributed by atoms with Gasteiger partial charge in [0.25, 0.3) is 5.56 Å². The van der Waals surface area contributed by atoms with Crippen molar-refractivity contribution in [2.45, 2.75) is 19.4 Å². The molecule has 0 aliphatic carbocycles. The van der Waals surface area contributed by atoms with Gasteiger partial charge in [-0.05, 0) is 13.0 Å². The van der Waals surface area contributed by atoms with Crippen molar-refractivity contribution in [3.63, 3.8) is 0 Å². The number of hydrogen-bond donors (Lipinski definition) is 4. The van der Waals surface area contributed by atoms with Crippen LogP contribution in [0.25, 0.3) is 11.2 Å². The van der Waals surface area contributed by atoms with Gasteiger partial charge in [-0.1, -0.05) is 0 Å². The maximum absolute atomic E-state index is 11.8. The predicted molar refractivity (Wildman–Crippen MR) is 97.2 cm³/mol. The first kappa shape index (κ1) is 21.0. The van der Waals surface area contributed by atoms with E-state index in [0.717, 1.165) is 0 Å². The van der Waals surface area contributed by atoms with E-state index in [9.17, 15) is 14.2 Å². The monoisotopic (exact) mass is 402 g/mol. The van der Waals surface area contributed by atoms with Gasteiger partial charge in [-0.2, -0.15) is 4.98 Å². The van der Waals surface area contributed by atoms with Crippen molar-refractivity contribution in [2.75, 3.05) is 38.6 Å². The number of aromatic nitrogens is 4. The second-order valence-corrected chi connectivity index (χ2v) is 7.75. The van der Waals surface area contributed by atoms with Gasteiger partial charge >= 0.3 is 13.6 Å². The van der Waals surface area contributed by atoms with Gasteiger partial charge in [-0.3, -0.25) is 19.1 Å². The highest BCUT2D eigenvalue weighted by molar-refractivity contribution is 7.51. The van der Waals surface area contributed by atoms with Crippen LogP contribution in [0.2, 0.25) is 0 Å². The standard InChI is InChI=1S/C14H23N6O6P/c1-26-10(21)3-2-4-19(7-8-27(23,24)25)5-6-20-9-16-11-12(20)17-14(15)18-13(11)22/h9H,2-8H2,1H3,(H2,23,24,25)(H3,15,17,18,22). The number of carbonyl (C=O) groups is 1. The number of carbonyl (C=O) groups excluding carboxylic acids is 1. The van der Waals surface area contributed by atoms with Gasteiger partial charge in [-0.25, -0.2) is 4.98 Å². The molecule has 0 spiro atoms. The average molecular weight is 402 g/mol. The molecule has 2 aromatic rings. The molecular formula is C14H23N6O6P. The van der Waals surface area contributed by atoms with Crippen LogP contribution in [0.4, 0.5) is 5.95 Å². The Morgan fingerprint density at radius 3 is 2.81 bits per heavy atom. The van der Waals surface area contributed by atoms with Crippen LogP contribution in [0.3, 0.4) is 0 Å². The fraction of sp³-hybridized carbons (Fsp3) is 0.571. The lowest BCUT2D eigenvalue weighted by Crippen LogP contribution is -2.31. The van der Waals surface area contributed by atoms with Crippen molar-refractivity contribution in [3.05, 3.63) is 16.7 Å². The van der Waals surface area contributed by atoms with Crippen molar-refractivity contribution in [3.8, 4) is 0 Å². The van der Waals surface area contributed by atoms with E-state index in [2.05, 4.69) is 19.7 Å². The number of nitrogens with zero attached hydrogens (tertiary/aromatic N) is 4. The zero-order valence-electron chi connectivity index (χ0n) is 14.9. The molecule has 0 aromatic carbocycles. The molecule has 5 N–H and O–H groups in total. The smallest absolute Gasteiger partial charge is 0.326 e. The molecule has 0 saturated carbocycles. The maximum Gasteiger partial charge on any atom is 0.326 e. The quantitative estimate of drug-likeness (QED) is 0.289. The van der Waals surface area contributed by atoms with E-state index in [-0.39, 0.29) is 36.6 Å². The number of imidazole rings is 1. The van der Waals surface area contributed by atoms with Crippen LogP contribution in [0.15, 0.2) is 11.1 Å². The molecule has 0 fully saturated rings. The van der Waals surface area contributed by atoms with Gasteiger partial charge in [0.2, 0.25) is 5.95 Å². The van der Waals surface area contributed by atoms with E-state index < -0.39 is 13.2 Å². The maximum atomic E-state index is 11.8. The summed E-state index contributed by atoms with van der Waals surface area (Å²) in [5.74, 6) is -0.366. The zero-order chi connectivity index (χ0) is 20.0. The third-order valence-electron chi connectivity index (χ3n) is 3.94. The van der Waals surface area contributed by atoms with Crippen LogP contribution in [0.5, 0.6) is 0 Å². The molecule has 150 valence electrons. The predicted octanol–water partition coefficient (Wildman–Crippen LogP) is -0.865. The first-order valence-electron chi connectivity index (χ1n) is 8.24. The molecule has 0 unspecified atom stereocenters. The number of nitrogen functional groups attached to an aromatic ring is 1. The van der Waals surface area contributed by atoms with E-state index >= 15 is 0 Å². The number of esters is 1. The SMILES string of the molecule is COC(=O)CCCN(CCn1cnc2c(=O)[nH]c(N)nc21)CCP(=O)(O)O. The number of anilines is 1. The number of H-pyrrole nitrogens is 1. The first-order chi connectivity index (χ1) is 12.7. The fourth-order valence-corrected chi connectivity index (χ4v) is 3.08. The fourth-order valence-electron chi connectivity index (χ4n) is 2.54. The Morgan fingerprint density at radius 1 is 1.41 bits per heavy atom. The number of nitrogens with one attached hydrogen (secondary N) is 1. The summed E-state index contributed by atoms with van der Waals surface area (Å²) in [5.41, 5.74) is 5.62. The minimum absolute atomic E-state index is 0.0225. The first-order valence-corrected chi connectivity index (χ1v) is 10.0. The Kier molecular flexibility index (Phi) is 7.08. The summed E-state index contributed by atoms with van der Waals surface area (Å²) >= 11 is 0. The number of fused-ring (bicyclic) bond motifs is 1. The molecule has 0 saturated heterocycles. The molecule has 0 bridgehead atoms. The van der Waals surface area contributed by atoms with Gasteiger partial charge in [-0.15, -0.1) is 0 Å². The highest BCUT2D eigenvalue weighted by Crippen LogP contribution is 2.33. The number of ether oxygens (including phenoxy) is 1. The number of methoxy groups -OCH3 is 1. The van der Waals surface area contributed by atoms with Gasteiger partial charge in [0, 0.05) is 26.1 Å². The Labute approximate surface area is 154 Å². The molecule has 0 atom stereocenters.